The van der Waals surface area contributed by atoms with Gasteiger partial charge in [0.2, 0.25) is 0 Å². The van der Waals surface area contributed by atoms with Gasteiger partial charge in [-0.1, -0.05) is 25.0 Å². The normalized spacial score (nSPS) is 15.0. The van der Waals surface area contributed by atoms with E-state index in [1.807, 2.05) is 35.0 Å². The van der Waals surface area contributed by atoms with Crippen LogP contribution in [0.2, 0.25) is 0 Å². The van der Waals surface area contributed by atoms with Gasteiger partial charge in [0.1, 0.15) is 11.6 Å². The zero-order chi connectivity index (χ0) is 15.4. The second-order valence-electron chi connectivity index (χ2n) is 5.37. The number of anilines is 1. The maximum atomic E-state index is 12.1. The number of benzene rings is 1. The van der Waals surface area contributed by atoms with Crippen molar-refractivity contribution in [3.05, 3.63) is 40.1 Å². The highest BCUT2D eigenvalue weighted by Gasteiger charge is 2.20. The van der Waals surface area contributed by atoms with Crippen molar-refractivity contribution in [3.63, 3.8) is 0 Å². The van der Waals surface area contributed by atoms with Gasteiger partial charge < -0.3 is 10.1 Å². The van der Waals surface area contributed by atoms with Gasteiger partial charge in [-0.2, -0.15) is 5.10 Å². The number of para-hydroxylation sites is 1. The third-order valence-electron chi connectivity index (χ3n) is 3.80. The Morgan fingerprint density at radius 2 is 2.09 bits per heavy atom. The number of nitrogens with one attached hydrogen (secondary N) is 1. The number of aromatic nitrogens is 2. The van der Waals surface area contributed by atoms with Gasteiger partial charge in [0.15, 0.2) is 6.61 Å². The van der Waals surface area contributed by atoms with Crippen LogP contribution >= 0.6 is 22.6 Å². The van der Waals surface area contributed by atoms with Crippen molar-refractivity contribution in [1.82, 2.24) is 9.78 Å². The topological polar surface area (TPSA) is 56.1 Å². The molecule has 1 fully saturated rings. The van der Waals surface area contributed by atoms with E-state index in [0.717, 1.165) is 28.0 Å². The number of amides is 1. The van der Waals surface area contributed by atoms with Gasteiger partial charge in [-0.25, -0.2) is 4.68 Å². The van der Waals surface area contributed by atoms with Crippen molar-refractivity contribution in [2.24, 2.45) is 0 Å². The number of halogens is 1. The number of rotatable bonds is 5. The van der Waals surface area contributed by atoms with Crippen LogP contribution in [0.3, 0.4) is 0 Å². The first kappa shape index (κ1) is 15.3. The number of carbonyl (C=O) groups is 1. The average molecular weight is 411 g/mol. The molecule has 1 saturated carbocycles. The van der Waals surface area contributed by atoms with Crippen LogP contribution in [0.5, 0.6) is 5.75 Å². The molecule has 116 valence electrons. The van der Waals surface area contributed by atoms with Crippen LogP contribution < -0.4 is 10.1 Å². The molecule has 0 spiro atoms. The lowest BCUT2D eigenvalue weighted by atomic mass is 10.2. The molecular weight excluding hydrogens is 393 g/mol. The summed E-state index contributed by atoms with van der Waals surface area (Å²) in [5.74, 6) is 1.31. The van der Waals surface area contributed by atoms with Crippen molar-refractivity contribution < 1.29 is 9.53 Å². The first-order chi connectivity index (χ1) is 10.7. The summed E-state index contributed by atoms with van der Waals surface area (Å²) in [5, 5.41) is 7.23. The monoisotopic (exact) mass is 411 g/mol. The van der Waals surface area contributed by atoms with Crippen LogP contribution in [0.1, 0.15) is 31.7 Å². The fourth-order valence-electron chi connectivity index (χ4n) is 2.74. The van der Waals surface area contributed by atoms with Crippen LogP contribution in [0.15, 0.2) is 36.5 Å². The first-order valence-electron chi connectivity index (χ1n) is 7.45. The van der Waals surface area contributed by atoms with Crippen LogP contribution in [-0.4, -0.2) is 22.3 Å². The molecule has 2 aromatic rings. The Bertz CT molecular complexity index is 650. The molecule has 0 unspecified atom stereocenters. The maximum absolute atomic E-state index is 12.1. The molecule has 22 heavy (non-hydrogen) atoms. The minimum absolute atomic E-state index is 0.00411. The molecule has 1 aromatic heterocycles. The third kappa shape index (κ3) is 3.60. The second-order valence-corrected chi connectivity index (χ2v) is 6.53. The van der Waals surface area contributed by atoms with Crippen molar-refractivity contribution in [2.75, 3.05) is 11.9 Å². The molecule has 1 aliphatic carbocycles. The summed E-state index contributed by atoms with van der Waals surface area (Å²) in [6, 6.07) is 9.88. The lowest BCUT2D eigenvalue weighted by Gasteiger charge is -2.15. The Balaban J connectivity index is 1.58. The molecule has 0 bridgehead atoms. The fourth-order valence-corrected chi connectivity index (χ4v) is 3.28. The SMILES string of the molecule is O=C(COc1ccccc1I)Nc1ccnn1C1CCCC1. The summed E-state index contributed by atoms with van der Waals surface area (Å²) in [7, 11) is 0. The van der Waals surface area contributed by atoms with Gasteiger partial charge in [-0.3, -0.25) is 4.79 Å². The summed E-state index contributed by atoms with van der Waals surface area (Å²) >= 11 is 2.19. The van der Waals surface area contributed by atoms with E-state index in [1.54, 1.807) is 6.20 Å². The summed E-state index contributed by atoms with van der Waals surface area (Å²) in [6.07, 6.45) is 6.45. The molecule has 0 atom stereocenters. The Morgan fingerprint density at radius 3 is 2.86 bits per heavy atom. The summed E-state index contributed by atoms with van der Waals surface area (Å²) in [6.45, 7) is -0.00411. The minimum Gasteiger partial charge on any atom is -0.483 e. The van der Waals surface area contributed by atoms with E-state index in [1.165, 1.54) is 12.8 Å². The van der Waals surface area contributed by atoms with Gasteiger partial charge in [0, 0.05) is 6.07 Å². The predicted molar refractivity (Wildman–Crippen MR) is 93.0 cm³/mol. The zero-order valence-electron chi connectivity index (χ0n) is 12.2. The van der Waals surface area contributed by atoms with E-state index < -0.39 is 0 Å². The molecule has 0 radical (unpaired) electrons. The van der Waals surface area contributed by atoms with Crippen LogP contribution in [0, 0.1) is 3.57 Å². The lowest BCUT2D eigenvalue weighted by molar-refractivity contribution is -0.118. The number of carbonyl (C=O) groups excluding carboxylic acids is 1. The molecule has 6 heteroatoms. The molecule has 1 N–H and O–H groups in total. The summed E-state index contributed by atoms with van der Waals surface area (Å²) < 4.78 is 8.48. The van der Waals surface area contributed by atoms with E-state index in [9.17, 15) is 4.79 Å². The molecule has 1 aromatic carbocycles. The van der Waals surface area contributed by atoms with Crippen molar-refractivity contribution in [2.45, 2.75) is 31.7 Å². The number of ether oxygens (including phenoxy) is 1. The van der Waals surface area contributed by atoms with Crippen molar-refractivity contribution in [1.29, 1.82) is 0 Å². The largest absolute Gasteiger partial charge is 0.483 e. The Hall–Kier alpha value is -1.57. The standard InChI is InChI=1S/C16H18IN3O2/c17-13-7-3-4-8-14(13)22-11-16(21)19-15-9-10-18-20(15)12-5-1-2-6-12/h3-4,7-10,12H,1-2,5-6,11H2,(H,19,21). The van der Waals surface area contributed by atoms with Crippen molar-refractivity contribution >= 4 is 34.3 Å². The van der Waals surface area contributed by atoms with E-state index >= 15 is 0 Å². The van der Waals surface area contributed by atoms with E-state index in [4.69, 9.17) is 4.74 Å². The van der Waals surface area contributed by atoms with Gasteiger partial charge in [0.05, 0.1) is 15.8 Å². The highest BCUT2D eigenvalue weighted by molar-refractivity contribution is 14.1. The molecule has 5 nitrogen and oxygen atoms in total. The Kier molecular flexibility index (Phi) is 4.97. The summed E-state index contributed by atoms with van der Waals surface area (Å²) in [5.41, 5.74) is 0. The maximum Gasteiger partial charge on any atom is 0.263 e. The number of hydrogen-bond donors (Lipinski definition) is 1. The molecule has 1 heterocycles. The lowest BCUT2D eigenvalue weighted by Crippen LogP contribution is -2.23. The molecule has 1 amide bonds. The second kappa shape index (κ2) is 7.13. The van der Waals surface area contributed by atoms with Crippen LogP contribution in [-0.2, 0) is 4.79 Å². The van der Waals surface area contributed by atoms with Gasteiger partial charge in [-0.05, 0) is 47.6 Å². The van der Waals surface area contributed by atoms with Crippen LogP contribution in [0.4, 0.5) is 5.82 Å². The van der Waals surface area contributed by atoms with E-state index in [-0.39, 0.29) is 12.5 Å². The van der Waals surface area contributed by atoms with Crippen molar-refractivity contribution in [3.8, 4) is 5.75 Å². The predicted octanol–water partition coefficient (Wildman–Crippen LogP) is 3.62. The third-order valence-corrected chi connectivity index (χ3v) is 4.69. The molecule has 0 saturated heterocycles. The zero-order valence-corrected chi connectivity index (χ0v) is 14.3. The number of hydrogen-bond acceptors (Lipinski definition) is 3. The van der Waals surface area contributed by atoms with E-state index in [2.05, 4.69) is 33.0 Å². The van der Waals surface area contributed by atoms with E-state index in [0.29, 0.717) is 6.04 Å². The summed E-state index contributed by atoms with van der Waals surface area (Å²) in [4.78, 5) is 12.1. The van der Waals surface area contributed by atoms with Crippen LogP contribution in [0.25, 0.3) is 0 Å². The Morgan fingerprint density at radius 1 is 1.32 bits per heavy atom. The molecular formula is C16H18IN3O2. The van der Waals surface area contributed by atoms with Gasteiger partial charge in [0.25, 0.3) is 5.91 Å². The fraction of sp³-hybridized carbons (Fsp3) is 0.375. The highest BCUT2D eigenvalue weighted by Crippen LogP contribution is 2.31. The number of nitrogens with zero attached hydrogens (tertiary/aromatic N) is 2. The first-order valence-corrected chi connectivity index (χ1v) is 8.52. The van der Waals surface area contributed by atoms with Gasteiger partial charge >= 0.3 is 0 Å². The molecule has 1 aliphatic rings. The van der Waals surface area contributed by atoms with Gasteiger partial charge in [-0.15, -0.1) is 0 Å². The molecule has 0 aliphatic heterocycles. The smallest absolute Gasteiger partial charge is 0.263 e. The quantitative estimate of drug-likeness (QED) is 0.765. The average Bonchev–Trinajstić information content (AvgIpc) is 3.17. The minimum atomic E-state index is -0.167. The molecule has 3 rings (SSSR count). The Labute approximate surface area is 143 Å². The highest BCUT2D eigenvalue weighted by atomic mass is 127.